The summed E-state index contributed by atoms with van der Waals surface area (Å²) in [5, 5.41) is 8.25. The molecule has 0 aliphatic carbocycles. The maximum Gasteiger partial charge on any atom is 0.226 e. The number of aromatic nitrogens is 1. The van der Waals surface area contributed by atoms with Crippen LogP contribution in [-0.4, -0.2) is 10.9 Å². The molecule has 1 amide bonds. The van der Waals surface area contributed by atoms with E-state index in [4.69, 9.17) is 11.6 Å². The minimum absolute atomic E-state index is 0.00560. The topological polar surface area (TPSA) is 42.0 Å². The van der Waals surface area contributed by atoms with E-state index in [1.807, 2.05) is 47.2 Å². The second-order valence-corrected chi connectivity index (χ2v) is 7.29. The van der Waals surface area contributed by atoms with Crippen LogP contribution in [0.4, 0.5) is 5.13 Å². The number of thiazole rings is 1. The first-order valence-corrected chi connectivity index (χ1v) is 9.38. The van der Waals surface area contributed by atoms with Crippen LogP contribution in [0.2, 0.25) is 5.02 Å². The van der Waals surface area contributed by atoms with Crippen molar-refractivity contribution in [2.45, 2.75) is 19.3 Å². The van der Waals surface area contributed by atoms with E-state index in [1.165, 1.54) is 16.9 Å². The Morgan fingerprint density at radius 3 is 2.74 bits per heavy atom. The van der Waals surface area contributed by atoms with E-state index >= 15 is 0 Å². The summed E-state index contributed by atoms with van der Waals surface area (Å²) in [5.74, 6) is 0.00560. The first-order valence-electron chi connectivity index (χ1n) is 7.24. The summed E-state index contributed by atoms with van der Waals surface area (Å²) in [6.45, 7) is 0. The first-order chi connectivity index (χ1) is 11.2. The molecule has 23 heavy (non-hydrogen) atoms. The molecule has 118 valence electrons. The van der Waals surface area contributed by atoms with Crippen LogP contribution in [0.3, 0.4) is 0 Å². The van der Waals surface area contributed by atoms with Gasteiger partial charge in [0.25, 0.3) is 0 Å². The predicted octanol–water partition coefficient (Wildman–Crippen LogP) is 5.49. The molecule has 0 aliphatic rings. The number of nitrogens with zero attached hydrogens (tertiary/aromatic N) is 1. The zero-order valence-corrected chi connectivity index (χ0v) is 14.7. The highest BCUT2D eigenvalue weighted by molar-refractivity contribution is 7.16. The van der Waals surface area contributed by atoms with Gasteiger partial charge in [-0.3, -0.25) is 4.79 Å². The number of aryl methyl sites for hydroxylation is 1. The third kappa shape index (κ3) is 4.64. The molecule has 0 unspecified atom stereocenters. The molecule has 0 saturated heterocycles. The van der Waals surface area contributed by atoms with Crippen molar-refractivity contribution < 1.29 is 4.79 Å². The molecule has 3 nitrogen and oxygen atoms in total. The lowest BCUT2D eigenvalue weighted by molar-refractivity contribution is -0.116. The summed E-state index contributed by atoms with van der Waals surface area (Å²) in [6, 6.07) is 11.8. The van der Waals surface area contributed by atoms with E-state index in [0.717, 1.165) is 28.4 Å². The van der Waals surface area contributed by atoms with Gasteiger partial charge in [-0.2, -0.15) is 0 Å². The van der Waals surface area contributed by atoms with Gasteiger partial charge in [0.2, 0.25) is 5.91 Å². The van der Waals surface area contributed by atoms with E-state index in [1.54, 1.807) is 11.3 Å². The molecule has 1 N–H and O–H groups in total. The monoisotopic (exact) mass is 362 g/mol. The Morgan fingerprint density at radius 1 is 1.17 bits per heavy atom. The summed E-state index contributed by atoms with van der Waals surface area (Å²) >= 11 is 8.96. The number of nitrogens with one attached hydrogen (secondary N) is 1. The van der Waals surface area contributed by atoms with Crippen molar-refractivity contribution in [3.8, 4) is 10.6 Å². The first kappa shape index (κ1) is 16.2. The van der Waals surface area contributed by atoms with Crippen molar-refractivity contribution in [3.05, 3.63) is 57.7 Å². The Kier molecular flexibility index (Phi) is 5.43. The van der Waals surface area contributed by atoms with Gasteiger partial charge in [-0.05, 0) is 42.0 Å². The van der Waals surface area contributed by atoms with Gasteiger partial charge in [-0.1, -0.05) is 29.8 Å². The summed E-state index contributed by atoms with van der Waals surface area (Å²) < 4.78 is 0. The zero-order chi connectivity index (χ0) is 16.1. The molecule has 1 aromatic carbocycles. The van der Waals surface area contributed by atoms with Crippen LogP contribution in [0, 0.1) is 0 Å². The molecule has 0 radical (unpaired) electrons. The van der Waals surface area contributed by atoms with E-state index in [0.29, 0.717) is 11.6 Å². The molecule has 0 spiro atoms. The maximum absolute atomic E-state index is 12.0. The summed E-state index contributed by atoms with van der Waals surface area (Å²) in [5.41, 5.74) is 2.11. The van der Waals surface area contributed by atoms with Crippen LogP contribution in [-0.2, 0) is 11.2 Å². The van der Waals surface area contributed by atoms with Gasteiger partial charge in [-0.15, -0.1) is 22.7 Å². The number of halogens is 1. The number of hydrogen-bond donors (Lipinski definition) is 1. The summed E-state index contributed by atoms with van der Waals surface area (Å²) in [6.07, 6.45) is 2.15. The fourth-order valence-corrected chi connectivity index (χ4v) is 3.77. The largest absolute Gasteiger partial charge is 0.302 e. The molecular weight excluding hydrogens is 348 g/mol. The molecule has 0 aliphatic heterocycles. The van der Waals surface area contributed by atoms with Gasteiger partial charge >= 0.3 is 0 Å². The van der Waals surface area contributed by atoms with Gasteiger partial charge in [-0.25, -0.2) is 4.98 Å². The molecule has 3 aromatic rings. The summed E-state index contributed by atoms with van der Waals surface area (Å²) in [7, 11) is 0. The Labute approximate surface area is 148 Å². The van der Waals surface area contributed by atoms with E-state index < -0.39 is 0 Å². The lowest BCUT2D eigenvalue weighted by atomic mass is 10.1. The SMILES string of the molecule is O=C(CCCc1ccc(Cl)cc1)Nc1nc(-c2cccs2)cs1. The number of thiophene rings is 1. The minimum atomic E-state index is 0.00560. The quantitative estimate of drug-likeness (QED) is 0.630. The average molecular weight is 363 g/mol. The van der Waals surface area contributed by atoms with Crippen molar-refractivity contribution >= 4 is 45.3 Å². The van der Waals surface area contributed by atoms with Crippen molar-refractivity contribution in [2.24, 2.45) is 0 Å². The van der Waals surface area contributed by atoms with Gasteiger partial charge in [0.15, 0.2) is 5.13 Å². The molecule has 2 aromatic heterocycles. The number of carbonyl (C=O) groups excluding carboxylic acids is 1. The van der Waals surface area contributed by atoms with Crippen molar-refractivity contribution in [3.63, 3.8) is 0 Å². The van der Waals surface area contributed by atoms with E-state index in [9.17, 15) is 4.79 Å². The molecule has 2 heterocycles. The lowest BCUT2D eigenvalue weighted by Gasteiger charge is -2.03. The second kappa shape index (κ2) is 7.73. The van der Waals surface area contributed by atoms with Crippen LogP contribution in [0.1, 0.15) is 18.4 Å². The fraction of sp³-hybridized carbons (Fsp3) is 0.176. The highest BCUT2D eigenvalue weighted by Crippen LogP contribution is 2.28. The van der Waals surface area contributed by atoms with Crippen LogP contribution in [0.5, 0.6) is 0 Å². The van der Waals surface area contributed by atoms with E-state index in [-0.39, 0.29) is 5.91 Å². The van der Waals surface area contributed by atoms with Gasteiger partial charge in [0, 0.05) is 16.8 Å². The normalized spacial score (nSPS) is 10.7. The highest BCUT2D eigenvalue weighted by Gasteiger charge is 2.08. The number of anilines is 1. The van der Waals surface area contributed by atoms with E-state index in [2.05, 4.69) is 10.3 Å². The standard InChI is InChI=1S/C17H15ClN2OS2/c18-13-8-6-12(7-9-13)3-1-5-16(21)20-17-19-14(11-23-17)15-4-2-10-22-15/h2,4,6-11H,1,3,5H2,(H,19,20,21). The van der Waals surface area contributed by atoms with Crippen LogP contribution in [0.25, 0.3) is 10.6 Å². The Morgan fingerprint density at radius 2 is 2.00 bits per heavy atom. The van der Waals surface area contributed by atoms with Crippen molar-refractivity contribution in [1.82, 2.24) is 4.98 Å². The van der Waals surface area contributed by atoms with Crippen LogP contribution < -0.4 is 5.32 Å². The van der Waals surface area contributed by atoms with Crippen molar-refractivity contribution in [2.75, 3.05) is 5.32 Å². The number of hydrogen-bond acceptors (Lipinski definition) is 4. The highest BCUT2D eigenvalue weighted by atomic mass is 35.5. The van der Waals surface area contributed by atoms with Crippen molar-refractivity contribution in [1.29, 1.82) is 0 Å². The third-order valence-electron chi connectivity index (χ3n) is 3.31. The number of benzene rings is 1. The molecule has 0 bridgehead atoms. The number of carbonyl (C=O) groups is 1. The molecular formula is C17H15ClN2OS2. The molecule has 0 fully saturated rings. The number of amides is 1. The molecule has 0 atom stereocenters. The van der Waals surface area contributed by atoms with Crippen LogP contribution in [0.15, 0.2) is 47.2 Å². The summed E-state index contributed by atoms with van der Waals surface area (Å²) in [4.78, 5) is 17.6. The lowest BCUT2D eigenvalue weighted by Crippen LogP contribution is -2.11. The minimum Gasteiger partial charge on any atom is -0.302 e. The van der Waals surface area contributed by atoms with Gasteiger partial charge < -0.3 is 5.32 Å². The zero-order valence-electron chi connectivity index (χ0n) is 12.3. The number of rotatable bonds is 6. The van der Waals surface area contributed by atoms with Gasteiger partial charge in [0.05, 0.1) is 10.6 Å². The smallest absolute Gasteiger partial charge is 0.226 e. The molecule has 6 heteroatoms. The third-order valence-corrected chi connectivity index (χ3v) is 5.21. The fourth-order valence-electron chi connectivity index (χ4n) is 2.15. The van der Waals surface area contributed by atoms with Crippen LogP contribution >= 0.6 is 34.3 Å². The Bertz CT molecular complexity index is 766. The average Bonchev–Trinajstić information content (AvgIpc) is 3.20. The van der Waals surface area contributed by atoms with Gasteiger partial charge in [0.1, 0.15) is 0 Å². The Hall–Kier alpha value is -1.69. The second-order valence-electron chi connectivity index (χ2n) is 5.04. The molecule has 0 saturated carbocycles. The molecule has 3 rings (SSSR count). The predicted molar refractivity (Wildman–Crippen MR) is 98.4 cm³/mol. The Balaban J connectivity index is 1.47. The maximum atomic E-state index is 12.0.